The fourth-order valence-electron chi connectivity index (χ4n) is 1.20. The van der Waals surface area contributed by atoms with Gasteiger partial charge >= 0.3 is 6.18 Å². The first-order valence-corrected chi connectivity index (χ1v) is 7.09. The highest BCUT2D eigenvalue weighted by Crippen LogP contribution is 2.29. The Bertz CT molecular complexity index is 605. The molecule has 0 unspecified atom stereocenters. The molecule has 1 N–H and O–H groups in total. The molecule has 0 atom stereocenters. The van der Waals surface area contributed by atoms with Crippen molar-refractivity contribution >= 4 is 15.7 Å². The largest absolute Gasteiger partial charge is 0.433 e. The lowest BCUT2D eigenvalue weighted by Gasteiger charge is -2.10. The van der Waals surface area contributed by atoms with Crippen molar-refractivity contribution in [1.29, 1.82) is 5.26 Å². The summed E-state index contributed by atoms with van der Waals surface area (Å²) in [4.78, 5) is 3.28. The summed E-state index contributed by atoms with van der Waals surface area (Å²) in [6.07, 6.45) is -3.62. The molecule has 19 heavy (non-hydrogen) atoms. The molecule has 0 saturated carbocycles. The first kappa shape index (κ1) is 15.2. The number of hydrogen-bond acceptors (Lipinski definition) is 5. The van der Waals surface area contributed by atoms with E-state index in [1.807, 2.05) is 0 Å². The number of nitrogens with one attached hydrogen (secondary N) is 1. The van der Waals surface area contributed by atoms with Crippen molar-refractivity contribution in [1.82, 2.24) is 4.98 Å². The standard InChI is InChI=1S/C10H10F3N3O2S/c1-19(17,18)5-4-15-9-7(6-14)2-3-8(16-9)10(11,12)13/h2-3H,4-5H2,1H3,(H,15,16). The van der Waals surface area contributed by atoms with Crippen molar-refractivity contribution in [3.05, 3.63) is 23.4 Å². The average molecular weight is 293 g/mol. The lowest BCUT2D eigenvalue weighted by molar-refractivity contribution is -0.141. The van der Waals surface area contributed by atoms with Crippen molar-refractivity contribution in [2.24, 2.45) is 0 Å². The third kappa shape index (κ3) is 4.75. The Kier molecular flexibility index (Phi) is 4.36. The summed E-state index contributed by atoms with van der Waals surface area (Å²) in [5.41, 5.74) is -1.23. The molecule has 0 saturated heterocycles. The van der Waals surface area contributed by atoms with Gasteiger partial charge in [0.25, 0.3) is 0 Å². The number of anilines is 1. The van der Waals surface area contributed by atoms with Gasteiger partial charge in [0.15, 0.2) is 0 Å². The van der Waals surface area contributed by atoms with E-state index in [0.717, 1.165) is 12.3 Å². The molecule has 0 aromatic carbocycles. The third-order valence-electron chi connectivity index (χ3n) is 2.07. The molecule has 0 aliphatic carbocycles. The van der Waals surface area contributed by atoms with Crippen LogP contribution in [0.25, 0.3) is 0 Å². The molecular formula is C10H10F3N3O2S. The van der Waals surface area contributed by atoms with Crippen LogP contribution in [-0.4, -0.2) is 32.0 Å². The van der Waals surface area contributed by atoms with Crippen LogP contribution in [-0.2, 0) is 16.0 Å². The van der Waals surface area contributed by atoms with Gasteiger partial charge in [-0.05, 0) is 12.1 Å². The van der Waals surface area contributed by atoms with E-state index < -0.39 is 21.7 Å². The molecule has 0 aliphatic rings. The molecule has 1 aromatic rings. The zero-order chi connectivity index (χ0) is 14.7. The summed E-state index contributed by atoms with van der Waals surface area (Å²) < 4.78 is 59.1. The molecule has 1 rings (SSSR count). The molecule has 5 nitrogen and oxygen atoms in total. The van der Waals surface area contributed by atoms with E-state index in [-0.39, 0.29) is 23.7 Å². The number of nitrogens with zero attached hydrogens (tertiary/aromatic N) is 2. The minimum atomic E-state index is -4.62. The van der Waals surface area contributed by atoms with Crippen LogP contribution in [0.4, 0.5) is 19.0 Å². The van der Waals surface area contributed by atoms with Gasteiger partial charge in [-0.1, -0.05) is 0 Å². The van der Waals surface area contributed by atoms with Crippen molar-refractivity contribution in [3.63, 3.8) is 0 Å². The predicted octanol–water partition coefficient (Wildman–Crippen LogP) is 1.43. The van der Waals surface area contributed by atoms with Crippen LogP contribution in [0.2, 0.25) is 0 Å². The Balaban J connectivity index is 2.95. The number of aromatic nitrogens is 1. The van der Waals surface area contributed by atoms with E-state index in [1.54, 1.807) is 6.07 Å². The number of alkyl halides is 3. The molecule has 0 bridgehead atoms. The molecule has 104 valence electrons. The van der Waals surface area contributed by atoms with Crippen LogP contribution >= 0.6 is 0 Å². The normalized spacial score (nSPS) is 11.9. The van der Waals surface area contributed by atoms with Gasteiger partial charge < -0.3 is 5.32 Å². The minimum Gasteiger partial charge on any atom is -0.368 e. The quantitative estimate of drug-likeness (QED) is 0.908. The highest BCUT2D eigenvalue weighted by atomic mass is 32.2. The lowest BCUT2D eigenvalue weighted by atomic mass is 10.2. The Morgan fingerprint density at radius 3 is 2.53 bits per heavy atom. The first-order valence-electron chi connectivity index (χ1n) is 5.03. The van der Waals surface area contributed by atoms with Gasteiger partial charge in [0.2, 0.25) is 0 Å². The highest BCUT2D eigenvalue weighted by molar-refractivity contribution is 7.90. The van der Waals surface area contributed by atoms with E-state index in [2.05, 4.69) is 10.3 Å². The van der Waals surface area contributed by atoms with Crippen LogP contribution in [0.1, 0.15) is 11.3 Å². The summed E-state index contributed by atoms with van der Waals surface area (Å²) in [5, 5.41) is 11.2. The van der Waals surface area contributed by atoms with Crippen LogP contribution in [0.3, 0.4) is 0 Å². The summed E-state index contributed by atoms with van der Waals surface area (Å²) >= 11 is 0. The maximum Gasteiger partial charge on any atom is 0.433 e. The van der Waals surface area contributed by atoms with Crippen molar-refractivity contribution in [2.45, 2.75) is 6.18 Å². The van der Waals surface area contributed by atoms with Crippen molar-refractivity contribution in [3.8, 4) is 6.07 Å². The Hall–Kier alpha value is -1.82. The maximum atomic E-state index is 12.4. The number of pyridine rings is 1. The second kappa shape index (κ2) is 5.44. The first-order chi connectivity index (χ1) is 8.63. The molecule has 0 aliphatic heterocycles. The zero-order valence-electron chi connectivity index (χ0n) is 9.82. The molecular weight excluding hydrogens is 283 g/mol. The summed E-state index contributed by atoms with van der Waals surface area (Å²) in [7, 11) is -3.25. The van der Waals surface area contributed by atoms with E-state index in [0.29, 0.717) is 6.07 Å². The highest BCUT2D eigenvalue weighted by Gasteiger charge is 2.33. The van der Waals surface area contributed by atoms with Gasteiger partial charge in [-0.25, -0.2) is 13.4 Å². The number of sulfone groups is 1. The molecule has 0 fully saturated rings. The number of nitriles is 1. The number of rotatable bonds is 4. The van der Waals surface area contributed by atoms with E-state index in [9.17, 15) is 21.6 Å². The predicted molar refractivity (Wildman–Crippen MR) is 62.2 cm³/mol. The fourth-order valence-corrected chi connectivity index (χ4v) is 1.67. The molecule has 0 spiro atoms. The summed E-state index contributed by atoms with van der Waals surface area (Å²) in [6, 6.07) is 3.36. The van der Waals surface area contributed by atoms with E-state index in [1.165, 1.54) is 0 Å². The number of hydrogen-bond donors (Lipinski definition) is 1. The number of halogens is 3. The van der Waals surface area contributed by atoms with Gasteiger partial charge in [-0.3, -0.25) is 0 Å². The Morgan fingerprint density at radius 2 is 2.05 bits per heavy atom. The topological polar surface area (TPSA) is 82.8 Å². The van der Waals surface area contributed by atoms with Crippen LogP contribution in [0, 0.1) is 11.3 Å². The SMILES string of the molecule is CS(=O)(=O)CCNc1nc(C(F)(F)F)ccc1C#N. The second-order valence-electron chi connectivity index (χ2n) is 3.76. The van der Waals surface area contributed by atoms with Crippen LogP contribution in [0.5, 0.6) is 0 Å². The van der Waals surface area contributed by atoms with Gasteiger partial charge in [0.05, 0.1) is 11.3 Å². The Morgan fingerprint density at radius 1 is 1.42 bits per heavy atom. The molecule has 1 aromatic heterocycles. The van der Waals surface area contributed by atoms with Gasteiger partial charge in [0, 0.05) is 12.8 Å². The van der Waals surface area contributed by atoms with Crippen molar-refractivity contribution < 1.29 is 21.6 Å². The van der Waals surface area contributed by atoms with Crippen LogP contribution in [0.15, 0.2) is 12.1 Å². The Labute approximate surface area is 108 Å². The van der Waals surface area contributed by atoms with Gasteiger partial charge in [-0.15, -0.1) is 0 Å². The van der Waals surface area contributed by atoms with Crippen molar-refractivity contribution in [2.75, 3.05) is 23.9 Å². The second-order valence-corrected chi connectivity index (χ2v) is 6.02. The minimum absolute atomic E-state index is 0.0819. The zero-order valence-corrected chi connectivity index (χ0v) is 10.6. The maximum absolute atomic E-state index is 12.4. The van der Waals surface area contributed by atoms with Gasteiger partial charge in [0.1, 0.15) is 27.4 Å². The molecule has 0 radical (unpaired) electrons. The molecule has 0 amide bonds. The third-order valence-corrected chi connectivity index (χ3v) is 3.02. The average Bonchev–Trinajstić information content (AvgIpc) is 2.26. The van der Waals surface area contributed by atoms with Crippen LogP contribution < -0.4 is 5.32 Å². The van der Waals surface area contributed by atoms with Gasteiger partial charge in [-0.2, -0.15) is 18.4 Å². The van der Waals surface area contributed by atoms with E-state index in [4.69, 9.17) is 5.26 Å². The molecule has 9 heteroatoms. The summed E-state index contributed by atoms with van der Waals surface area (Å²) in [6.45, 7) is -0.123. The fraction of sp³-hybridized carbons (Fsp3) is 0.400. The molecule has 1 heterocycles. The summed E-state index contributed by atoms with van der Waals surface area (Å²) in [5.74, 6) is -0.545. The smallest absolute Gasteiger partial charge is 0.368 e. The monoisotopic (exact) mass is 293 g/mol. The lowest BCUT2D eigenvalue weighted by Crippen LogP contribution is -2.17. The van der Waals surface area contributed by atoms with E-state index >= 15 is 0 Å².